The monoisotopic (exact) mass is 433 g/mol. The number of rotatable bonds is 6. The molecular formula is C20H23N3O4S2. The minimum atomic E-state index is -3.60. The predicted molar refractivity (Wildman–Crippen MR) is 113 cm³/mol. The topological polar surface area (TPSA) is 104 Å². The number of thioether (sulfide) groups is 1. The maximum Gasteiger partial charge on any atom is 0.251 e. The highest BCUT2D eigenvalue weighted by atomic mass is 32.2. The molecule has 3 rings (SSSR count). The first kappa shape index (κ1) is 21.4. The van der Waals surface area contributed by atoms with Crippen LogP contribution in [0.4, 0.5) is 5.69 Å². The van der Waals surface area contributed by atoms with E-state index in [1.165, 1.54) is 6.07 Å². The lowest BCUT2D eigenvalue weighted by Gasteiger charge is -2.12. The third kappa shape index (κ3) is 5.59. The molecule has 0 aliphatic carbocycles. The molecule has 0 spiro atoms. The Morgan fingerprint density at radius 2 is 2.00 bits per heavy atom. The van der Waals surface area contributed by atoms with Gasteiger partial charge in [0.2, 0.25) is 15.9 Å². The van der Waals surface area contributed by atoms with Gasteiger partial charge >= 0.3 is 0 Å². The van der Waals surface area contributed by atoms with Crippen LogP contribution in [0.3, 0.4) is 0 Å². The average molecular weight is 434 g/mol. The average Bonchev–Trinajstić information content (AvgIpc) is 2.85. The third-order valence-electron chi connectivity index (χ3n) is 4.16. The summed E-state index contributed by atoms with van der Waals surface area (Å²) in [7, 11) is -3.60. The van der Waals surface area contributed by atoms with Crippen LogP contribution in [-0.2, 0) is 21.4 Å². The van der Waals surface area contributed by atoms with E-state index >= 15 is 0 Å². The number of benzene rings is 2. The number of carbonyl (C=O) groups is 2. The Balaban J connectivity index is 1.70. The van der Waals surface area contributed by atoms with Crippen LogP contribution in [0, 0.1) is 0 Å². The zero-order valence-corrected chi connectivity index (χ0v) is 17.8. The fourth-order valence-corrected chi connectivity index (χ4v) is 5.10. The van der Waals surface area contributed by atoms with Crippen molar-refractivity contribution in [3.63, 3.8) is 0 Å². The molecule has 3 N–H and O–H groups in total. The lowest BCUT2D eigenvalue weighted by Crippen LogP contribution is -2.30. The Bertz CT molecular complexity index is 1040. The van der Waals surface area contributed by atoms with Crippen LogP contribution in [0.5, 0.6) is 0 Å². The molecule has 2 aromatic rings. The van der Waals surface area contributed by atoms with Gasteiger partial charge in [-0.15, -0.1) is 11.8 Å². The van der Waals surface area contributed by atoms with Crippen molar-refractivity contribution in [3.8, 4) is 0 Å². The summed E-state index contributed by atoms with van der Waals surface area (Å²) in [6, 6.07) is 11.4. The van der Waals surface area contributed by atoms with Crippen LogP contribution in [0.2, 0.25) is 0 Å². The first-order chi connectivity index (χ1) is 13.7. The summed E-state index contributed by atoms with van der Waals surface area (Å²) < 4.78 is 27.2. The zero-order chi connectivity index (χ0) is 21.0. The normalized spacial score (nSPS) is 14.1. The van der Waals surface area contributed by atoms with Crippen molar-refractivity contribution in [2.75, 3.05) is 11.1 Å². The Hall–Kier alpha value is -2.36. The van der Waals surface area contributed by atoms with E-state index in [1.54, 1.807) is 55.9 Å². The van der Waals surface area contributed by atoms with Gasteiger partial charge in [0, 0.05) is 35.2 Å². The molecule has 0 atom stereocenters. The van der Waals surface area contributed by atoms with Crippen LogP contribution in [0.15, 0.2) is 52.3 Å². The first-order valence-electron chi connectivity index (χ1n) is 9.21. The number of hydrogen-bond acceptors (Lipinski definition) is 5. The molecule has 0 bridgehead atoms. The molecule has 1 aliphatic heterocycles. The van der Waals surface area contributed by atoms with E-state index in [0.29, 0.717) is 29.0 Å². The van der Waals surface area contributed by atoms with E-state index in [0.717, 1.165) is 4.90 Å². The lowest BCUT2D eigenvalue weighted by molar-refractivity contribution is -0.115. The fourth-order valence-electron chi connectivity index (χ4n) is 2.85. The van der Waals surface area contributed by atoms with Crippen molar-refractivity contribution in [2.45, 2.75) is 42.6 Å². The van der Waals surface area contributed by atoms with Gasteiger partial charge in [-0.05, 0) is 49.7 Å². The summed E-state index contributed by atoms with van der Waals surface area (Å²) in [6.07, 6.45) is 0.436. The van der Waals surface area contributed by atoms with Crippen molar-refractivity contribution < 1.29 is 18.0 Å². The van der Waals surface area contributed by atoms with Gasteiger partial charge in [0.25, 0.3) is 5.91 Å². The molecule has 0 radical (unpaired) electrons. The van der Waals surface area contributed by atoms with Gasteiger partial charge in [0.1, 0.15) is 0 Å². The SMILES string of the molecule is CC(C)NS(=O)(=O)c1cccc(CNC(=O)c2ccc3c(c2)NC(=O)CCS3)c1. The van der Waals surface area contributed by atoms with Crippen LogP contribution in [0.1, 0.15) is 36.2 Å². The van der Waals surface area contributed by atoms with Crippen LogP contribution in [-0.4, -0.2) is 32.0 Å². The highest BCUT2D eigenvalue weighted by molar-refractivity contribution is 7.99. The number of hydrogen-bond donors (Lipinski definition) is 3. The van der Waals surface area contributed by atoms with E-state index in [-0.39, 0.29) is 29.3 Å². The van der Waals surface area contributed by atoms with E-state index < -0.39 is 10.0 Å². The molecule has 154 valence electrons. The van der Waals surface area contributed by atoms with Crippen LogP contribution >= 0.6 is 11.8 Å². The van der Waals surface area contributed by atoms with Gasteiger partial charge in [-0.3, -0.25) is 9.59 Å². The fraction of sp³-hybridized carbons (Fsp3) is 0.300. The Labute approximate surface area is 174 Å². The minimum Gasteiger partial charge on any atom is -0.348 e. The van der Waals surface area contributed by atoms with E-state index in [4.69, 9.17) is 0 Å². The summed E-state index contributed by atoms with van der Waals surface area (Å²) in [5.41, 5.74) is 1.73. The maximum atomic E-state index is 12.5. The van der Waals surface area contributed by atoms with Gasteiger partial charge < -0.3 is 10.6 Å². The summed E-state index contributed by atoms with van der Waals surface area (Å²) >= 11 is 1.57. The molecule has 0 saturated heterocycles. The molecule has 0 saturated carbocycles. The molecule has 9 heteroatoms. The second-order valence-corrected chi connectivity index (χ2v) is 9.81. The van der Waals surface area contributed by atoms with Crippen LogP contribution < -0.4 is 15.4 Å². The second-order valence-electron chi connectivity index (χ2n) is 6.96. The standard InChI is InChI=1S/C20H23N3O4S2/c1-13(2)23-29(26,27)16-5-3-4-14(10-16)12-21-20(25)15-6-7-18-17(11-15)22-19(24)8-9-28-18/h3-7,10-11,13,23H,8-9,12H2,1-2H3,(H,21,25)(H,22,24). The molecule has 1 aliphatic rings. The summed E-state index contributed by atoms with van der Waals surface area (Å²) in [4.78, 5) is 25.4. The van der Waals surface area contributed by atoms with Crippen molar-refractivity contribution >= 4 is 39.3 Å². The quantitative estimate of drug-likeness (QED) is 0.650. The van der Waals surface area contributed by atoms with Gasteiger partial charge in [-0.1, -0.05) is 12.1 Å². The maximum absolute atomic E-state index is 12.5. The Morgan fingerprint density at radius 3 is 2.76 bits per heavy atom. The molecule has 0 fully saturated rings. The third-order valence-corrected chi connectivity index (χ3v) is 6.89. The van der Waals surface area contributed by atoms with Crippen molar-refractivity contribution in [1.29, 1.82) is 0 Å². The second kappa shape index (κ2) is 8.98. The lowest BCUT2D eigenvalue weighted by atomic mass is 10.1. The first-order valence-corrected chi connectivity index (χ1v) is 11.7. The van der Waals surface area contributed by atoms with Gasteiger partial charge in [-0.25, -0.2) is 13.1 Å². The molecule has 1 heterocycles. The highest BCUT2D eigenvalue weighted by Crippen LogP contribution is 2.31. The van der Waals surface area contributed by atoms with Gasteiger partial charge in [0.15, 0.2) is 0 Å². The molecule has 2 amide bonds. The zero-order valence-electron chi connectivity index (χ0n) is 16.2. The molecule has 0 aromatic heterocycles. The van der Waals surface area contributed by atoms with Crippen LogP contribution in [0.25, 0.3) is 0 Å². The number of carbonyl (C=O) groups excluding carboxylic acids is 2. The van der Waals surface area contributed by atoms with E-state index in [1.807, 2.05) is 6.07 Å². The molecule has 7 nitrogen and oxygen atoms in total. The number of amides is 2. The molecular weight excluding hydrogens is 410 g/mol. The summed E-state index contributed by atoms with van der Waals surface area (Å²) in [5.74, 6) is 0.335. The smallest absolute Gasteiger partial charge is 0.251 e. The number of anilines is 1. The van der Waals surface area contributed by atoms with Crippen molar-refractivity contribution in [1.82, 2.24) is 10.0 Å². The number of fused-ring (bicyclic) bond motifs is 1. The summed E-state index contributed by atoms with van der Waals surface area (Å²) in [6.45, 7) is 3.69. The number of nitrogens with one attached hydrogen (secondary N) is 3. The Morgan fingerprint density at radius 1 is 1.21 bits per heavy atom. The predicted octanol–water partition coefficient (Wildman–Crippen LogP) is 2.74. The van der Waals surface area contributed by atoms with Gasteiger partial charge in [0.05, 0.1) is 10.6 Å². The number of sulfonamides is 1. The minimum absolute atomic E-state index is 0.0677. The molecule has 29 heavy (non-hydrogen) atoms. The van der Waals surface area contributed by atoms with Gasteiger partial charge in [-0.2, -0.15) is 0 Å². The van der Waals surface area contributed by atoms with Crippen molar-refractivity contribution in [2.24, 2.45) is 0 Å². The van der Waals surface area contributed by atoms with E-state index in [2.05, 4.69) is 15.4 Å². The largest absolute Gasteiger partial charge is 0.348 e. The molecule has 0 unspecified atom stereocenters. The highest BCUT2D eigenvalue weighted by Gasteiger charge is 2.17. The summed E-state index contributed by atoms with van der Waals surface area (Å²) in [5, 5.41) is 5.61. The van der Waals surface area contributed by atoms with E-state index in [9.17, 15) is 18.0 Å². The van der Waals surface area contributed by atoms with Crippen molar-refractivity contribution in [3.05, 3.63) is 53.6 Å². The molecule has 2 aromatic carbocycles. The Kier molecular flexibility index (Phi) is 6.61.